The van der Waals surface area contributed by atoms with Crippen molar-refractivity contribution in [2.45, 2.75) is 12.5 Å². The van der Waals surface area contributed by atoms with Gasteiger partial charge in [-0.2, -0.15) is 0 Å². The summed E-state index contributed by atoms with van der Waals surface area (Å²) in [6.07, 6.45) is 0.861. The average molecular weight is 482 g/mol. The Morgan fingerprint density at radius 3 is 2.59 bits per heavy atom. The van der Waals surface area contributed by atoms with Crippen molar-refractivity contribution < 1.29 is 4.74 Å². The van der Waals surface area contributed by atoms with Crippen molar-refractivity contribution in [2.75, 3.05) is 19.0 Å². The van der Waals surface area contributed by atoms with Crippen molar-refractivity contribution in [1.82, 2.24) is 9.88 Å². The summed E-state index contributed by atoms with van der Waals surface area (Å²) < 4.78 is 5.36. The zero-order valence-corrected chi connectivity index (χ0v) is 19.7. The Labute approximate surface area is 202 Å². The van der Waals surface area contributed by atoms with Crippen LogP contribution >= 0.6 is 35.4 Å². The summed E-state index contributed by atoms with van der Waals surface area (Å²) in [5.74, 6) is 0.819. The molecule has 0 aliphatic carbocycles. The highest BCUT2D eigenvalue weighted by atomic mass is 35.5. The van der Waals surface area contributed by atoms with E-state index >= 15 is 0 Å². The molecule has 4 aromatic rings. The van der Waals surface area contributed by atoms with Crippen LogP contribution in [0.3, 0.4) is 0 Å². The molecule has 32 heavy (non-hydrogen) atoms. The van der Waals surface area contributed by atoms with Gasteiger partial charge in [-0.1, -0.05) is 41.4 Å². The number of anilines is 1. The number of nitrogens with zero attached hydrogens (tertiary/aromatic N) is 1. The lowest BCUT2D eigenvalue weighted by Gasteiger charge is -2.38. The minimum atomic E-state index is -0.0741. The van der Waals surface area contributed by atoms with Crippen molar-refractivity contribution >= 4 is 57.1 Å². The predicted molar refractivity (Wildman–Crippen MR) is 136 cm³/mol. The van der Waals surface area contributed by atoms with E-state index in [1.165, 1.54) is 10.9 Å². The van der Waals surface area contributed by atoms with Crippen LogP contribution < -0.4 is 10.1 Å². The second kappa shape index (κ2) is 8.66. The molecule has 5 rings (SSSR count). The van der Waals surface area contributed by atoms with E-state index in [4.69, 9.17) is 40.2 Å². The molecule has 3 aromatic carbocycles. The fourth-order valence-corrected chi connectivity index (χ4v) is 5.05. The fourth-order valence-electron chi connectivity index (χ4n) is 4.37. The summed E-state index contributed by atoms with van der Waals surface area (Å²) in [5, 5.41) is 6.58. The molecule has 1 atom stereocenters. The second-order valence-corrected chi connectivity index (χ2v) is 9.03. The van der Waals surface area contributed by atoms with Crippen LogP contribution in [0.25, 0.3) is 10.9 Å². The third-order valence-corrected chi connectivity index (χ3v) is 6.66. The SMILES string of the molecule is COc1ccc(C2c3[nH]c4ccc(Cl)cc4c3CCN2C(=S)Nc2cccc(Cl)c2)cc1. The molecule has 0 bridgehead atoms. The van der Waals surface area contributed by atoms with Crippen LogP contribution in [0.4, 0.5) is 5.69 Å². The molecular weight excluding hydrogens is 461 g/mol. The van der Waals surface area contributed by atoms with Gasteiger partial charge in [0.1, 0.15) is 5.75 Å². The molecular formula is C25H21Cl2N3OS. The molecule has 0 saturated heterocycles. The van der Waals surface area contributed by atoms with Crippen LogP contribution in [0.5, 0.6) is 5.75 Å². The maximum Gasteiger partial charge on any atom is 0.174 e. The second-order valence-electron chi connectivity index (χ2n) is 7.77. The zero-order valence-electron chi connectivity index (χ0n) is 17.4. The van der Waals surface area contributed by atoms with Gasteiger partial charge in [0.05, 0.1) is 13.2 Å². The van der Waals surface area contributed by atoms with Gasteiger partial charge < -0.3 is 19.9 Å². The fraction of sp³-hybridized carbons (Fsp3) is 0.160. The van der Waals surface area contributed by atoms with Gasteiger partial charge in [0, 0.05) is 38.9 Å². The summed E-state index contributed by atoms with van der Waals surface area (Å²) in [4.78, 5) is 5.86. The van der Waals surface area contributed by atoms with Crippen LogP contribution in [-0.2, 0) is 6.42 Å². The highest BCUT2D eigenvalue weighted by Gasteiger charge is 2.33. The Kier molecular flexibility index (Phi) is 5.72. The molecule has 4 nitrogen and oxygen atoms in total. The molecule has 0 radical (unpaired) electrons. The molecule has 2 heterocycles. The third kappa shape index (κ3) is 3.92. The van der Waals surface area contributed by atoms with E-state index in [0.717, 1.165) is 46.2 Å². The molecule has 1 aliphatic heterocycles. The smallest absolute Gasteiger partial charge is 0.174 e. The molecule has 1 unspecified atom stereocenters. The Balaban J connectivity index is 1.58. The van der Waals surface area contributed by atoms with E-state index in [1.807, 2.05) is 54.6 Å². The van der Waals surface area contributed by atoms with Crippen molar-refractivity contribution in [2.24, 2.45) is 0 Å². The molecule has 2 N–H and O–H groups in total. The van der Waals surface area contributed by atoms with E-state index in [0.29, 0.717) is 10.1 Å². The van der Waals surface area contributed by atoms with E-state index in [-0.39, 0.29) is 6.04 Å². The monoisotopic (exact) mass is 481 g/mol. The van der Waals surface area contributed by atoms with E-state index in [9.17, 15) is 0 Å². The van der Waals surface area contributed by atoms with Crippen molar-refractivity contribution in [3.05, 3.63) is 93.6 Å². The number of aromatic amines is 1. The van der Waals surface area contributed by atoms with Gasteiger partial charge in [-0.25, -0.2) is 0 Å². The number of H-pyrrole nitrogens is 1. The van der Waals surface area contributed by atoms with Gasteiger partial charge in [0.15, 0.2) is 5.11 Å². The summed E-state index contributed by atoms with van der Waals surface area (Å²) in [5.41, 5.74) is 5.48. The summed E-state index contributed by atoms with van der Waals surface area (Å²) in [7, 11) is 1.67. The number of rotatable bonds is 3. The van der Waals surface area contributed by atoms with Crippen LogP contribution in [0, 0.1) is 0 Å². The first kappa shape index (κ1) is 21.1. The molecule has 1 aliphatic rings. The van der Waals surface area contributed by atoms with E-state index < -0.39 is 0 Å². The third-order valence-electron chi connectivity index (χ3n) is 5.86. The lowest BCUT2D eigenvalue weighted by atomic mass is 9.92. The number of aromatic nitrogens is 1. The number of methoxy groups -OCH3 is 1. The molecule has 0 saturated carbocycles. The molecule has 162 valence electrons. The highest BCUT2D eigenvalue weighted by Crippen LogP contribution is 2.39. The number of benzene rings is 3. The summed E-state index contributed by atoms with van der Waals surface area (Å²) in [6.45, 7) is 0.773. The number of hydrogen-bond donors (Lipinski definition) is 2. The van der Waals surface area contributed by atoms with Gasteiger partial charge in [0.2, 0.25) is 0 Å². The number of thiocarbonyl (C=S) groups is 1. The minimum Gasteiger partial charge on any atom is -0.497 e. The Hall–Kier alpha value is -2.73. The number of nitrogens with one attached hydrogen (secondary N) is 2. The zero-order chi connectivity index (χ0) is 22.2. The standard InChI is InChI=1S/C25H21Cl2N3OS/c1-31-19-8-5-15(6-9-19)24-23-20(21-14-17(27)7-10-22(21)29-23)11-12-30(24)25(32)28-18-4-2-3-16(26)13-18/h2-10,13-14,24,29H,11-12H2,1H3,(H,28,32). The normalized spacial score (nSPS) is 15.5. The number of fused-ring (bicyclic) bond motifs is 3. The van der Waals surface area contributed by atoms with Crippen molar-refractivity contribution in [1.29, 1.82) is 0 Å². The molecule has 0 amide bonds. The van der Waals surface area contributed by atoms with Crippen LogP contribution in [0.15, 0.2) is 66.7 Å². The maximum absolute atomic E-state index is 6.31. The van der Waals surface area contributed by atoms with Crippen LogP contribution in [0.1, 0.15) is 22.9 Å². The van der Waals surface area contributed by atoms with Gasteiger partial charge in [-0.15, -0.1) is 0 Å². The molecule has 0 fully saturated rings. The predicted octanol–water partition coefficient (Wildman–Crippen LogP) is 6.83. The largest absolute Gasteiger partial charge is 0.497 e. The number of hydrogen-bond acceptors (Lipinski definition) is 2. The van der Waals surface area contributed by atoms with Gasteiger partial charge in [0.25, 0.3) is 0 Å². The van der Waals surface area contributed by atoms with Gasteiger partial charge in [-0.3, -0.25) is 0 Å². The van der Waals surface area contributed by atoms with Crippen LogP contribution in [-0.4, -0.2) is 28.7 Å². The first-order valence-electron chi connectivity index (χ1n) is 10.3. The van der Waals surface area contributed by atoms with Crippen molar-refractivity contribution in [3.63, 3.8) is 0 Å². The van der Waals surface area contributed by atoms with E-state index in [2.05, 4.69) is 27.3 Å². The number of halogens is 2. The number of ether oxygens (including phenoxy) is 1. The lowest BCUT2D eigenvalue weighted by Crippen LogP contribution is -2.42. The summed E-state index contributed by atoms with van der Waals surface area (Å²) >= 11 is 18.3. The Bertz CT molecular complexity index is 1300. The minimum absolute atomic E-state index is 0.0741. The summed E-state index contributed by atoms with van der Waals surface area (Å²) in [6, 6.07) is 21.6. The quantitative estimate of drug-likeness (QED) is 0.314. The molecule has 7 heteroatoms. The highest BCUT2D eigenvalue weighted by molar-refractivity contribution is 7.80. The van der Waals surface area contributed by atoms with Gasteiger partial charge in [-0.05, 0) is 78.3 Å². The van der Waals surface area contributed by atoms with Crippen LogP contribution in [0.2, 0.25) is 10.0 Å². The van der Waals surface area contributed by atoms with Crippen molar-refractivity contribution in [3.8, 4) is 5.75 Å². The maximum atomic E-state index is 6.31. The molecule has 0 spiro atoms. The van der Waals surface area contributed by atoms with E-state index in [1.54, 1.807) is 7.11 Å². The average Bonchev–Trinajstić information content (AvgIpc) is 3.16. The first-order valence-corrected chi connectivity index (χ1v) is 11.5. The Morgan fingerprint density at radius 2 is 1.84 bits per heavy atom. The lowest BCUT2D eigenvalue weighted by molar-refractivity contribution is 0.339. The molecule has 1 aromatic heterocycles. The first-order chi connectivity index (χ1) is 15.5. The Morgan fingerprint density at radius 1 is 1.06 bits per heavy atom. The van der Waals surface area contributed by atoms with Gasteiger partial charge >= 0.3 is 0 Å². The topological polar surface area (TPSA) is 40.3 Å².